The van der Waals surface area contributed by atoms with Crippen molar-refractivity contribution in [1.29, 1.82) is 0 Å². The zero-order valence-corrected chi connectivity index (χ0v) is 17.6. The maximum atomic E-state index is 3.80. The Morgan fingerprint density at radius 1 is 0.654 bits per heavy atom. The van der Waals surface area contributed by atoms with Crippen LogP contribution in [0.5, 0.6) is 0 Å². The van der Waals surface area contributed by atoms with Gasteiger partial charge in [0.2, 0.25) is 0 Å². The van der Waals surface area contributed by atoms with Gasteiger partial charge in [0.15, 0.2) is 0 Å². The van der Waals surface area contributed by atoms with Crippen LogP contribution in [0.1, 0.15) is 49.9 Å². The minimum Gasteiger partial charge on any atom is -0.395 e. The van der Waals surface area contributed by atoms with Gasteiger partial charge >= 0.3 is 7.12 Å². The van der Waals surface area contributed by atoms with E-state index in [1.807, 2.05) is 0 Å². The molecule has 0 aliphatic heterocycles. The number of para-hydroxylation sites is 2. The lowest BCUT2D eigenvalue weighted by molar-refractivity contribution is 0.305. The number of nitrogens with zero attached hydrogens (tertiary/aromatic N) is 1. The number of hydrogen-bond donors (Lipinski definition) is 2. The third-order valence-electron chi connectivity index (χ3n) is 5.02. The Morgan fingerprint density at radius 2 is 0.962 bits per heavy atom. The van der Waals surface area contributed by atoms with Crippen molar-refractivity contribution in [2.75, 3.05) is 10.5 Å². The molecule has 0 saturated carbocycles. The second-order valence-corrected chi connectivity index (χ2v) is 7.86. The van der Waals surface area contributed by atoms with Gasteiger partial charge in [0.25, 0.3) is 0 Å². The van der Waals surface area contributed by atoms with Gasteiger partial charge in [0.05, 0.1) is 0 Å². The normalized spacial score (nSPS) is 11.3. The minimum absolute atomic E-state index is 0.00889. The van der Waals surface area contributed by atoms with Gasteiger partial charge in [0, 0.05) is 11.4 Å². The minimum atomic E-state index is 0.00889. The molecule has 26 heavy (non-hydrogen) atoms. The fourth-order valence-electron chi connectivity index (χ4n) is 3.74. The lowest BCUT2D eigenvalue weighted by atomic mass is 9.83. The highest BCUT2D eigenvalue weighted by atomic mass is 15.2. The molecule has 0 atom stereocenters. The molecule has 140 valence electrons. The average Bonchev–Trinajstić information content (AvgIpc) is 2.53. The summed E-state index contributed by atoms with van der Waals surface area (Å²) >= 11 is 0. The smallest absolute Gasteiger partial charge is 0.395 e. The van der Waals surface area contributed by atoms with E-state index in [1.54, 1.807) is 0 Å². The first-order valence-electron chi connectivity index (χ1n) is 9.65. The van der Waals surface area contributed by atoms with E-state index in [9.17, 15) is 0 Å². The molecule has 4 heteroatoms. The van der Waals surface area contributed by atoms with Crippen molar-refractivity contribution in [3.8, 4) is 0 Å². The van der Waals surface area contributed by atoms with Crippen LogP contribution >= 0.6 is 0 Å². The van der Waals surface area contributed by atoms with Gasteiger partial charge in [-0.1, -0.05) is 64.1 Å². The van der Waals surface area contributed by atoms with Crippen LogP contribution in [-0.2, 0) is 0 Å². The van der Waals surface area contributed by atoms with E-state index in [0.717, 1.165) is 0 Å². The SMILES string of the molecule is Cc1cccc(C)c1NB(Nc1c(C)cccc1C)N(C(C)C)C(C)C. The van der Waals surface area contributed by atoms with E-state index in [0.29, 0.717) is 12.1 Å². The fourth-order valence-corrected chi connectivity index (χ4v) is 3.74. The van der Waals surface area contributed by atoms with Crippen LogP contribution in [0.15, 0.2) is 36.4 Å². The quantitative estimate of drug-likeness (QED) is 0.641. The number of nitrogens with one attached hydrogen (secondary N) is 2. The van der Waals surface area contributed by atoms with Gasteiger partial charge in [-0.15, -0.1) is 0 Å². The summed E-state index contributed by atoms with van der Waals surface area (Å²) in [7, 11) is 0.00889. The monoisotopic (exact) mass is 351 g/mol. The first kappa shape index (κ1) is 20.4. The molecule has 0 radical (unpaired) electrons. The van der Waals surface area contributed by atoms with Crippen molar-refractivity contribution >= 4 is 18.5 Å². The number of benzene rings is 2. The average molecular weight is 351 g/mol. The maximum Gasteiger partial charge on any atom is 0.465 e. The summed E-state index contributed by atoms with van der Waals surface area (Å²) in [6, 6.07) is 13.7. The second kappa shape index (κ2) is 8.63. The van der Waals surface area contributed by atoms with E-state index in [1.165, 1.54) is 33.6 Å². The molecule has 2 N–H and O–H groups in total. The van der Waals surface area contributed by atoms with Crippen LogP contribution in [-0.4, -0.2) is 24.0 Å². The molecule has 2 rings (SSSR count). The Labute approximate surface area is 160 Å². The molecule has 0 aliphatic rings. The second-order valence-electron chi connectivity index (χ2n) is 7.86. The van der Waals surface area contributed by atoms with Gasteiger partial charge in [-0.25, -0.2) is 0 Å². The number of aryl methyl sites for hydroxylation is 4. The maximum absolute atomic E-state index is 3.80. The van der Waals surface area contributed by atoms with Crippen LogP contribution < -0.4 is 10.5 Å². The lowest BCUT2D eigenvalue weighted by Gasteiger charge is -2.37. The first-order chi connectivity index (χ1) is 12.2. The molecule has 0 heterocycles. The van der Waals surface area contributed by atoms with Crippen molar-refractivity contribution in [2.45, 2.75) is 67.5 Å². The van der Waals surface area contributed by atoms with Crippen molar-refractivity contribution in [3.63, 3.8) is 0 Å². The fraction of sp³-hybridized carbons (Fsp3) is 0.455. The Bertz CT molecular complexity index is 638. The van der Waals surface area contributed by atoms with E-state index in [2.05, 4.69) is 107 Å². The number of rotatable bonds is 7. The standard InChI is InChI=1S/C22H34BN3/c1-15(2)26(16(3)4)23(24-21-17(5)11-9-12-18(21)6)25-22-19(7)13-10-14-20(22)8/h9-16,24-25H,1-8H3. The molecular formula is C22H34BN3. The molecule has 2 aromatic carbocycles. The molecule has 0 aliphatic carbocycles. The van der Waals surface area contributed by atoms with Crippen LogP contribution in [0.2, 0.25) is 0 Å². The third-order valence-corrected chi connectivity index (χ3v) is 5.02. The summed E-state index contributed by atoms with van der Waals surface area (Å²) in [4.78, 5) is 2.48. The number of hydrogen-bond acceptors (Lipinski definition) is 3. The topological polar surface area (TPSA) is 27.3 Å². The summed E-state index contributed by atoms with van der Waals surface area (Å²) in [6.45, 7) is 17.7. The Balaban J connectivity index is 2.45. The van der Waals surface area contributed by atoms with Crippen LogP contribution in [0, 0.1) is 27.7 Å². The van der Waals surface area contributed by atoms with E-state index in [-0.39, 0.29) is 7.12 Å². The molecule has 2 aromatic rings. The molecule has 0 spiro atoms. The summed E-state index contributed by atoms with van der Waals surface area (Å²) in [5.41, 5.74) is 7.50. The van der Waals surface area contributed by atoms with Gasteiger partial charge < -0.3 is 10.5 Å². The van der Waals surface area contributed by atoms with Crippen molar-refractivity contribution in [2.24, 2.45) is 0 Å². The van der Waals surface area contributed by atoms with Gasteiger partial charge in [-0.05, 0) is 62.0 Å². The molecular weight excluding hydrogens is 317 g/mol. The Morgan fingerprint density at radius 3 is 1.23 bits per heavy atom. The third kappa shape index (κ3) is 4.61. The summed E-state index contributed by atoms with van der Waals surface area (Å²) in [5, 5.41) is 7.59. The Hall–Kier alpha value is -1.94. The highest BCUT2D eigenvalue weighted by Gasteiger charge is 2.31. The zero-order valence-electron chi connectivity index (χ0n) is 17.6. The van der Waals surface area contributed by atoms with Gasteiger partial charge in [0.1, 0.15) is 0 Å². The summed E-state index contributed by atoms with van der Waals surface area (Å²) in [5.74, 6) is 0. The highest BCUT2D eigenvalue weighted by molar-refractivity contribution is 6.63. The molecule has 3 nitrogen and oxygen atoms in total. The summed E-state index contributed by atoms with van der Waals surface area (Å²) < 4.78 is 0. The van der Waals surface area contributed by atoms with Gasteiger partial charge in [-0.2, -0.15) is 0 Å². The zero-order chi connectivity index (χ0) is 19.4. The predicted octanol–water partition coefficient (Wildman–Crippen LogP) is 5.55. The molecule has 0 aromatic heterocycles. The molecule has 0 saturated heterocycles. The number of anilines is 2. The first-order valence-corrected chi connectivity index (χ1v) is 9.65. The Kier molecular flexibility index (Phi) is 6.77. The van der Waals surface area contributed by atoms with E-state index >= 15 is 0 Å². The summed E-state index contributed by atoms with van der Waals surface area (Å²) in [6.07, 6.45) is 0. The molecule has 0 bridgehead atoms. The van der Waals surface area contributed by atoms with Crippen LogP contribution in [0.3, 0.4) is 0 Å². The van der Waals surface area contributed by atoms with Crippen molar-refractivity contribution in [3.05, 3.63) is 58.7 Å². The predicted molar refractivity (Wildman–Crippen MR) is 117 cm³/mol. The van der Waals surface area contributed by atoms with Crippen molar-refractivity contribution < 1.29 is 0 Å². The van der Waals surface area contributed by atoms with E-state index in [4.69, 9.17) is 0 Å². The molecule has 0 unspecified atom stereocenters. The van der Waals surface area contributed by atoms with E-state index < -0.39 is 0 Å². The highest BCUT2D eigenvalue weighted by Crippen LogP contribution is 2.25. The molecule has 0 fully saturated rings. The van der Waals surface area contributed by atoms with Crippen molar-refractivity contribution in [1.82, 2.24) is 4.81 Å². The molecule has 0 amide bonds. The van der Waals surface area contributed by atoms with Gasteiger partial charge in [-0.3, -0.25) is 4.81 Å². The van der Waals surface area contributed by atoms with Crippen LogP contribution in [0.4, 0.5) is 11.4 Å². The largest absolute Gasteiger partial charge is 0.465 e. The lowest BCUT2D eigenvalue weighted by Crippen LogP contribution is -2.57. The van der Waals surface area contributed by atoms with Crippen LogP contribution in [0.25, 0.3) is 0 Å².